The minimum Gasteiger partial charge on any atom is -1.00 e. The fraction of sp³-hybridized carbons (Fsp3) is 0.200. The van der Waals surface area contributed by atoms with Gasteiger partial charge in [0.25, 0.3) is 5.91 Å². The molecular weight excluding hydrogens is 370 g/mol. The number of aromatic nitrogens is 1. The van der Waals surface area contributed by atoms with Crippen molar-refractivity contribution in [3.8, 4) is 11.5 Å². The number of hydrogen-bond donors (Lipinski definition) is 3. The topological polar surface area (TPSA) is 109 Å². The minimum atomic E-state index is -3.56. The van der Waals surface area contributed by atoms with Crippen molar-refractivity contribution in [1.29, 1.82) is 0 Å². The van der Waals surface area contributed by atoms with Gasteiger partial charge in [-0.1, -0.05) is 6.07 Å². The Morgan fingerprint density at radius 2 is 1.84 bits per heavy atom. The second-order valence-electron chi connectivity index (χ2n) is 5.04. The molecule has 1 heterocycles. The molecule has 136 valence electrons. The van der Waals surface area contributed by atoms with Gasteiger partial charge >= 0.3 is 0 Å². The molecule has 1 aromatic heterocycles. The number of pyridine rings is 1. The number of halogens is 1. The van der Waals surface area contributed by atoms with Gasteiger partial charge in [-0.2, -0.15) is 4.57 Å². The number of aromatic hydroxyl groups is 1. The molecule has 0 aliphatic heterocycles. The van der Waals surface area contributed by atoms with Crippen LogP contribution in [0.1, 0.15) is 0 Å². The molecule has 10 heteroatoms. The zero-order valence-electron chi connectivity index (χ0n) is 13.6. The highest BCUT2D eigenvalue weighted by molar-refractivity contribution is 7.92. The first-order valence-electron chi connectivity index (χ1n) is 6.91. The molecule has 25 heavy (non-hydrogen) atoms. The van der Waals surface area contributed by atoms with Crippen molar-refractivity contribution >= 4 is 27.3 Å². The molecule has 0 aliphatic rings. The van der Waals surface area contributed by atoms with Crippen LogP contribution in [-0.4, -0.2) is 32.8 Å². The third kappa shape index (κ3) is 6.12. The number of carbonyl (C=O) groups is 1. The van der Waals surface area contributed by atoms with Crippen LogP contribution in [0.15, 0.2) is 42.7 Å². The Balaban J connectivity index is 0.00000312. The molecule has 8 nitrogen and oxygen atoms in total. The summed E-state index contributed by atoms with van der Waals surface area (Å²) >= 11 is 0. The van der Waals surface area contributed by atoms with E-state index in [-0.39, 0.29) is 47.7 Å². The van der Waals surface area contributed by atoms with Crippen LogP contribution < -0.4 is 31.7 Å². The number of rotatable bonds is 6. The normalized spacial score (nSPS) is 10.5. The van der Waals surface area contributed by atoms with E-state index in [0.29, 0.717) is 0 Å². The van der Waals surface area contributed by atoms with Crippen molar-refractivity contribution in [2.75, 3.05) is 23.4 Å². The summed E-state index contributed by atoms with van der Waals surface area (Å²) in [6.45, 7) is 0.0775. The summed E-state index contributed by atoms with van der Waals surface area (Å²) in [5.74, 6) is -0.443. The number of phenolic OH excluding ortho intramolecular Hbond substituents is 1. The standard InChI is InChI=1S/C15H17N3O5S.ClH/c1-23-14-9-11(17-24(2,21)22)13(19)8-12(14)16-15(20)10-18-6-4-3-5-7-18;/h3-9,17H,10H2,1-2H3,(H-,16,19,20);1H. The Bertz CT molecular complexity index is 844. The summed E-state index contributed by atoms with van der Waals surface area (Å²) in [7, 11) is -2.18. The third-order valence-electron chi connectivity index (χ3n) is 2.99. The van der Waals surface area contributed by atoms with Gasteiger partial charge in [-0.3, -0.25) is 9.52 Å². The molecule has 3 N–H and O–H groups in total. The van der Waals surface area contributed by atoms with Gasteiger partial charge in [0.1, 0.15) is 11.5 Å². The van der Waals surface area contributed by atoms with Crippen LogP contribution in [0.5, 0.6) is 11.5 Å². The Labute approximate surface area is 151 Å². The Kier molecular flexibility index (Phi) is 7.01. The van der Waals surface area contributed by atoms with Gasteiger partial charge in [-0.25, -0.2) is 8.42 Å². The molecule has 2 rings (SSSR count). The first-order chi connectivity index (χ1) is 11.3. The SMILES string of the molecule is COc1cc(NS(C)(=O)=O)c(O)cc1NC(=O)C[n+]1ccccc1.[Cl-]. The smallest absolute Gasteiger partial charge is 0.290 e. The first-order valence-corrected chi connectivity index (χ1v) is 8.80. The number of nitrogens with zero attached hydrogens (tertiary/aromatic N) is 1. The van der Waals surface area contributed by atoms with E-state index in [1.807, 2.05) is 6.07 Å². The van der Waals surface area contributed by atoms with Gasteiger partial charge < -0.3 is 27.6 Å². The lowest BCUT2D eigenvalue weighted by atomic mass is 10.2. The molecular formula is C15H18ClN3O5S. The highest BCUT2D eigenvalue weighted by Gasteiger charge is 2.16. The summed E-state index contributed by atoms with van der Waals surface area (Å²) in [5.41, 5.74) is 0.195. The number of anilines is 2. The van der Waals surface area contributed by atoms with Crippen molar-refractivity contribution < 1.29 is 40.0 Å². The number of ether oxygens (including phenoxy) is 1. The predicted molar refractivity (Wildman–Crippen MR) is 88.4 cm³/mol. The number of hydrogen-bond acceptors (Lipinski definition) is 5. The molecule has 1 amide bonds. The lowest BCUT2D eigenvalue weighted by Gasteiger charge is -2.13. The summed E-state index contributed by atoms with van der Waals surface area (Å²) < 4.78 is 31.6. The van der Waals surface area contributed by atoms with Crippen LogP contribution in [0.4, 0.5) is 11.4 Å². The van der Waals surface area contributed by atoms with Crippen LogP contribution in [0.25, 0.3) is 0 Å². The maximum absolute atomic E-state index is 12.1. The highest BCUT2D eigenvalue weighted by atomic mass is 35.5. The lowest BCUT2D eigenvalue weighted by Crippen LogP contribution is -3.00. The highest BCUT2D eigenvalue weighted by Crippen LogP contribution is 2.36. The van der Waals surface area contributed by atoms with Gasteiger partial charge in [0.15, 0.2) is 12.4 Å². The van der Waals surface area contributed by atoms with Gasteiger partial charge in [0, 0.05) is 24.3 Å². The Morgan fingerprint density at radius 3 is 2.40 bits per heavy atom. The van der Waals surface area contributed by atoms with E-state index in [0.717, 1.165) is 6.26 Å². The largest absolute Gasteiger partial charge is 1.00 e. The second kappa shape index (κ2) is 8.54. The van der Waals surface area contributed by atoms with E-state index in [4.69, 9.17) is 4.74 Å². The van der Waals surface area contributed by atoms with Crippen molar-refractivity contribution in [2.45, 2.75) is 6.54 Å². The first kappa shape index (κ1) is 20.5. The van der Waals surface area contributed by atoms with E-state index in [2.05, 4.69) is 10.0 Å². The molecule has 0 saturated heterocycles. The van der Waals surface area contributed by atoms with Gasteiger partial charge in [0.05, 0.1) is 24.7 Å². The quantitative estimate of drug-likeness (QED) is 0.381. The average Bonchev–Trinajstić information content (AvgIpc) is 2.49. The number of phenols is 1. The second-order valence-corrected chi connectivity index (χ2v) is 6.79. The maximum Gasteiger partial charge on any atom is 0.290 e. The van der Waals surface area contributed by atoms with Crippen molar-refractivity contribution in [2.24, 2.45) is 0 Å². The molecule has 0 aliphatic carbocycles. The van der Waals surface area contributed by atoms with Gasteiger partial charge in [-0.15, -0.1) is 0 Å². The summed E-state index contributed by atoms with van der Waals surface area (Å²) in [5, 5.41) is 12.6. The van der Waals surface area contributed by atoms with E-state index < -0.39 is 10.0 Å². The maximum atomic E-state index is 12.1. The van der Waals surface area contributed by atoms with E-state index in [9.17, 15) is 18.3 Å². The van der Waals surface area contributed by atoms with Crippen LogP contribution in [-0.2, 0) is 21.4 Å². The van der Waals surface area contributed by atoms with Crippen molar-refractivity contribution in [1.82, 2.24) is 0 Å². The van der Waals surface area contributed by atoms with Gasteiger partial charge in [0.2, 0.25) is 16.6 Å². The number of carbonyl (C=O) groups excluding carboxylic acids is 1. The number of methoxy groups -OCH3 is 1. The molecule has 2 aromatic rings. The number of amides is 1. The molecule has 0 atom stereocenters. The summed E-state index contributed by atoms with van der Waals surface area (Å²) in [4.78, 5) is 12.1. The minimum absolute atomic E-state index is 0. The molecule has 1 aromatic carbocycles. The third-order valence-corrected chi connectivity index (χ3v) is 3.58. The molecule has 0 unspecified atom stereocenters. The van der Waals surface area contributed by atoms with Crippen LogP contribution in [0.2, 0.25) is 0 Å². The lowest BCUT2D eigenvalue weighted by molar-refractivity contribution is -0.684. The molecule has 0 bridgehead atoms. The monoisotopic (exact) mass is 387 g/mol. The Hall–Kier alpha value is -2.52. The zero-order chi connectivity index (χ0) is 17.7. The van der Waals surface area contributed by atoms with E-state index in [1.54, 1.807) is 29.1 Å². The van der Waals surface area contributed by atoms with Crippen molar-refractivity contribution in [3.63, 3.8) is 0 Å². The molecule has 0 spiro atoms. The number of nitrogens with one attached hydrogen (secondary N) is 2. The Morgan fingerprint density at radius 1 is 1.20 bits per heavy atom. The summed E-state index contributed by atoms with van der Waals surface area (Å²) in [6.07, 6.45) is 4.45. The van der Waals surface area contributed by atoms with E-state index in [1.165, 1.54) is 19.2 Å². The fourth-order valence-corrected chi connectivity index (χ4v) is 2.57. The van der Waals surface area contributed by atoms with Crippen LogP contribution >= 0.6 is 0 Å². The molecule has 0 saturated carbocycles. The molecule has 0 fully saturated rings. The predicted octanol–water partition coefficient (Wildman–Crippen LogP) is -2.30. The average molecular weight is 388 g/mol. The number of benzene rings is 1. The summed E-state index contributed by atoms with van der Waals surface area (Å²) in [6, 6.07) is 7.95. The van der Waals surface area contributed by atoms with Crippen molar-refractivity contribution in [3.05, 3.63) is 42.7 Å². The zero-order valence-corrected chi connectivity index (χ0v) is 15.1. The molecule has 0 radical (unpaired) electrons. The fourth-order valence-electron chi connectivity index (χ4n) is 2.01. The number of sulfonamides is 1. The van der Waals surface area contributed by atoms with Gasteiger partial charge in [-0.05, 0) is 0 Å². The van der Waals surface area contributed by atoms with E-state index >= 15 is 0 Å². The van der Waals surface area contributed by atoms with Crippen LogP contribution in [0, 0.1) is 0 Å². The van der Waals surface area contributed by atoms with Crippen LogP contribution in [0.3, 0.4) is 0 Å².